The van der Waals surface area contributed by atoms with Crippen molar-refractivity contribution in [1.82, 2.24) is 4.98 Å². The number of hydrogen-bond donors (Lipinski definition) is 0. The number of para-hydroxylation sites is 1. The Kier molecular flexibility index (Phi) is 5.74. The highest BCUT2D eigenvalue weighted by atomic mass is 32.1. The molecule has 0 bridgehead atoms. The van der Waals surface area contributed by atoms with Gasteiger partial charge in [-0.25, -0.2) is 14.6 Å². The Balaban J connectivity index is 1.42. The lowest BCUT2D eigenvalue weighted by Crippen LogP contribution is -2.15. The van der Waals surface area contributed by atoms with E-state index in [4.69, 9.17) is 14.1 Å². The number of carbonyl (C=O) groups excluding carboxylic acids is 1. The Morgan fingerprint density at radius 3 is 2.83 bits per heavy atom. The Morgan fingerprint density at radius 1 is 1.08 bits per heavy atom. The van der Waals surface area contributed by atoms with Gasteiger partial charge in [0.1, 0.15) is 12.2 Å². The maximum atomic E-state index is 13.6. The van der Waals surface area contributed by atoms with Crippen LogP contribution in [0.4, 0.5) is 0 Å². The second-order valence-corrected chi connectivity index (χ2v) is 10.0. The maximum Gasteiger partial charge on any atom is 0.339 e. The molecule has 0 saturated carbocycles. The van der Waals surface area contributed by atoms with Crippen molar-refractivity contribution in [3.05, 3.63) is 109 Å². The van der Waals surface area contributed by atoms with Crippen LogP contribution in [0.15, 0.2) is 75.3 Å². The number of nitrogens with zero attached hydrogens (tertiary/aromatic N) is 1. The van der Waals surface area contributed by atoms with E-state index in [1.807, 2.05) is 55.5 Å². The monoisotopic (exact) mass is 493 g/mol. The minimum absolute atomic E-state index is 0.0205. The lowest BCUT2D eigenvalue weighted by Gasteiger charge is -2.22. The molecule has 0 radical (unpaired) electrons. The Bertz CT molecular complexity index is 1710. The first-order valence-electron chi connectivity index (χ1n) is 11.9. The highest BCUT2D eigenvalue weighted by Gasteiger charge is 2.26. The first kappa shape index (κ1) is 22.4. The summed E-state index contributed by atoms with van der Waals surface area (Å²) < 4.78 is 11.2. The number of allylic oxidation sites excluding steroid dienone is 1. The zero-order valence-electron chi connectivity index (χ0n) is 19.7. The van der Waals surface area contributed by atoms with Gasteiger partial charge in [0, 0.05) is 27.3 Å². The number of hydrogen-bond acceptors (Lipinski definition) is 6. The zero-order valence-corrected chi connectivity index (χ0v) is 20.6. The van der Waals surface area contributed by atoms with E-state index in [-0.39, 0.29) is 6.61 Å². The summed E-state index contributed by atoms with van der Waals surface area (Å²) in [6.07, 6.45) is 4.79. The van der Waals surface area contributed by atoms with E-state index in [0.717, 1.165) is 57.9 Å². The number of aryl methyl sites for hydroxylation is 1. The van der Waals surface area contributed by atoms with E-state index < -0.39 is 11.6 Å². The molecule has 0 spiro atoms. The zero-order chi connectivity index (χ0) is 24.6. The van der Waals surface area contributed by atoms with Crippen LogP contribution in [0.5, 0.6) is 0 Å². The molecule has 0 amide bonds. The van der Waals surface area contributed by atoms with Crippen molar-refractivity contribution < 1.29 is 13.9 Å². The first-order chi connectivity index (χ1) is 17.6. The van der Waals surface area contributed by atoms with E-state index in [9.17, 15) is 9.59 Å². The second-order valence-electron chi connectivity index (χ2n) is 9.04. The molecule has 5 aromatic rings. The molecule has 0 aliphatic heterocycles. The van der Waals surface area contributed by atoms with Crippen LogP contribution in [0.25, 0.3) is 33.5 Å². The molecule has 5 nitrogen and oxygen atoms in total. The fourth-order valence-corrected chi connectivity index (χ4v) is 5.61. The summed E-state index contributed by atoms with van der Waals surface area (Å²) in [5.74, 6) is -0.407. The van der Waals surface area contributed by atoms with Gasteiger partial charge in [0.05, 0.1) is 16.8 Å². The Hall–Kier alpha value is -4.03. The molecule has 6 heteroatoms. The van der Waals surface area contributed by atoms with Gasteiger partial charge in [-0.05, 0) is 72.5 Å². The molecule has 6 rings (SSSR count). The molecule has 2 aromatic carbocycles. The maximum absolute atomic E-state index is 13.6. The van der Waals surface area contributed by atoms with Gasteiger partial charge >= 0.3 is 11.6 Å². The van der Waals surface area contributed by atoms with Crippen molar-refractivity contribution >= 4 is 50.8 Å². The number of esters is 1. The van der Waals surface area contributed by atoms with Gasteiger partial charge in [-0.3, -0.25) is 0 Å². The topological polar surface area (TPSA) is 69.4 Å². The number of aromatic nitrogens is 1. The third-order valence-electron chi connectivity index (χ3n) is 6.58. The molecule has 0 saturated heterocycles. The molecule has 3 aromatic heterocycles. The summed E-state index contributed by atoms with van der Waals surface area (Å²) in [6.45, 7) is 1.91. The third-order valence-corrected chi connectivity index (χ3v) is 7.40. The van der Waals surface area contributed by atoms with Crippen molar-refractivity contribution in [1.29, 1.82) is 0 Å². The number of fused-ring (bicyclic) bond motifs is 3. The van der Waals surface area contributed by atoms with Crippen molar-refractivity contribution in [3.63, 3.8) is 0 Å². The van der Waals surface area contributed by atoms with Crippen LogP contribution >= 0.6 is 11.3 Å². The number of thiophene rings is 1. The summed E-state index contributed by atoms with van der Waals surface area (Å²) in [5, 5.41) is 3.60. The summed E-state index contributed by atoms with van der Waals surface area (Å²) in [6, 6.07) is 18.9. The molecule has 1 aliphatic rings. The Morgan fingerprint density at radius 2 is 1.97 bits per heavy atom. The van der Waals surface area contributed by atoms with Crippen LogP contribution in [0.2, 0.25) is 0 Å². The van der Waals surface area contributed by atoms with Crippen LogP contribution in [-0.4, -0.2) is 11.0 Å². The van der Waals surface area contributed by atoms with Gasteiger partial charge in [-0.1, -0.05) is 36.4 Å². The van der Waals surface area contributed by atoms with Crippen LogP contribution in [0, 0.1) is 6.92 Å². The molecule has 36 heavy (non-hydrogen) atoms. The predicted molar refractivity (Wildman–Crippen MR) is 143 cm³/mol. The average molecular weight is 494 g/mol. The largest absolute Gasteiger partial charge is 0.457 e. The lowest BCUT2D eigenvalue weighted by molar-refractivity contribution is 0.0474. The third kappa shape index (κ3) is 4.14. The van der Waals surface area contributed by atoms with Gasteiger partial charge in [0.25, 0.3) is 0 Å². The van der Waals surface area contributed by atoms with Crippen molar-refractivity contribution in [2.45, 2.75) is 32.8 Å². The summed E-state index contributed by atoms with van der Waals surface area (Å²) in [4.78, 5) is 31.9. The van der Waals surface area contributed by atoms with E-state index in [1.54, 1.807) is 11.3 Å². The van der Waals surface area contributed by atoms with Crippen molar-refractivity contribution in [2.75, 3.05) is 0 Å². The first-order valence-corrected chi connectivity index (χ1v) is 12.8. The van der Waals surface area contributed by atoms with Crippen LogP contribution in [-0.2, 0) is 17.8 Å². The van der Waals surface area contributed by atoms with Gasteiger partial charge in [0.15, 0.2) is 0 Å². The number of carbonyl (C=O) groups is 1. The normalized spacial score (nSPS) is 14.3. The fraction of sp³-hybridized carbons (Fsp3) is 0.167. The van der Waals surface area contributed by atoms with Crippen LogP contribution in [0.1, 0.15) is 50.5 Å². The van der Waals surface area contributed by atoms with Gasteiger partial charge in [-0.2, -0.15) is 0 Å². The number of benzene rings is 2. The van der Waals surface area contributed by atoms with Gasteiger partial charge < -0.3 is 9.15 Å². The molecular formula is C30H23NO4S. The molecular weight excluding hydrogens is 470 g/mol. The quantitative estimate of drug-likeness (QED) is 0.200. The Labute approximate surface area is 211 Å². The van der Waals surface area contributed by atoms with Crippen molar-refractivity contribution in [2.24, 2.45) is 0 Å². The number of pyridine rings is 1. The predicted octanol–water partition coefficient (Wildman–Crippen LogP) is 6.95. The highest BCUT2D eigenvalue weighted by Crippen LogP contribution is 2.37. The van der Waals surface area contributed by atoms with Gasteiger partial charge in [0.2, 0.25) is 0 Å². The second kappa shape index (κ2) is 9.21. The summed E-state index contributed by atoms with van der Waals surface area (Å²) >= 11 is 1.68. The van der Waals surface area contributed by atoms with E-state index in [1.165, 1.54) is 10.9 Å². The van der Waals surface area contributed by atoms with Crippen molar-refractivity contribution in [3.8, 4) is 0 Å². The van der Waals surface area contributed by atoms with Crippen LogP contribution in [0.3, 0.4) is 0 Å². The molecule has 0 fully saturated rings. The number of rotatable bonds is 4. The minimum Gasteiger partial charge on any atom is -0.457 e. The molecule has 1 aliphatic carbocycles. The summed E-state index contributed by atoms with van der Waals surface area (Å²) in [7, 11) is 0. The highest BCUT2D eigenvalue weighted by molar-refractivity contribution is 7.10. The molecule has 3 heterocycles. The lowest BCUT2D eigenvalue weighted by atomic mass is 9.86. The minimum atomic E-state index is -0.464. The smallest absolute Gasteiger partial charge is 0.339 e. The molecule has 0 N–H and O–H groups in total. The van der Waals surface area contributed by atoms with Gasteiger partial charge in [-0.15, -0.1) is 11.3 Å². The average Bonchev–Trinajstić information content (AvgIpc) is 3.39. The van der Waals surface area contributed by atoms with E-state index >= 15 is 0 Å². The molecule has 0 atom stereocenters. The fourth-order valence-electron chi connectivity index (χ4n) is 4.93. The standard InChI is InChI=1S/C30H23NO4S/c1-18-11-12-22-20(16-27(32)35-26(22)14-18)17-34-30(33)28-23-8-2-3-10-25(23)31-29-19(6-4-9-24(28)29)15-21-7-5-13-36-21/h2-3,5,7-8,10-16H,4,6,9,17H2,1H3/b19-15-. The number of ether oxygens (including phenoxy) is 1. The van der Waals surface area contributed by atoms with Crippen LogP contribution < -0.4 is 5.63 Å². The SMILES string of the molecule is Cc1ccc2c(COC(=O)c3c4c(nc5ccccc35)/C(=C\c3cccs3)CCC4)cc(=O)oc2c1. The van der Waals surface area contributed by atoms with E-state index in [0.29, 0.717) is 16.7 Å². The summed E-state index contributed by atoms with van der Waals surface area (Å²) in [5.41, 5.74) is 5.92. The van der Waals surface area contributed by atoms with E-state index in [2.05, 4.69) is 17.5 Å². The molecule has 0 unspecified atom stereocenters. The molecule has 178 valence electrons.